The van der Waals surface area contributed by atoms with Crippen LogP contribution in [0.15, 0.2) is 0 Å². The van der Waals surface area contributed by atoms with Gasteiger partial charge in [0, 0.05) is 6.54 Å². The fourth-order valence-electron chi connectivity index (χ4n) is 1.61. The highest BCUT2D eigenvalue weighted by atomic mass is 16.3. The first kappa shape index (κ1) is 8.02. The number of aliphatic hydroxyl groups is 1. The zero-order chi connectivity index (χ0) is 7.56. The lowest BCUT2D eigenvalue weighted by molar-refractivity contribution is 0.0309. The fourth-order valence-corrected chi connectivity index (χ4v) is 1.61. The Kier molecular flexibility index (Phi) is 2.69. The van der Waals surface area contributed by atoms with Gasteiger partial charge < -0.3 is 10.0 Å². The molecule has 0 aromatic heterocycles. The Hall–Kier alpha value is -0.0800. The first-order valence-electron chi connectivity index (χ1n) is 4.10. The summed E-state index contributed by atoms with van der Waals surface area (Å²) in [6.45, 7) is 4.16. The van der Waals surface area contributed by atoms with Crippen LogP contribution in [0.2, 0.25) is 0 Å². The second-order valence-corrected chi connectivity index (χ2v) is 3.29. The third-order valence-corrected chi connectivity index (χ3v) is 2.45. The number of aliphatic hydroxyl groups excluding tert-OH is 1. The number of rotatable bonds is 1. The molecule has 1 fully saturated rings. The maximum Gasteiger partial charge on any atom is 0.0695 e. The SMILES string of the molecule is CC[C@H]1CCN(C)C[C@H]1O. The second kappa shape index (κ2) is 3.35. The molecule has 10 heavy (non-hydrogen) atoms. The van der Waals surface area contributed by atoms with Crippen molar-refractivity contribution >= 4 is 0 Å². The summed E-state index contributed by atoms with van der Waals surface area (Å²) >= 11 is 0. The van der Waals surface area contributed by atoms with Crippen molar-refractivity contribution in [1.82, 2.24) is 4.90 Å². The van der Waals surface area contributed by atoms with Crippen LogP contribution in [0.4, 0.5) is 0 Å². The van der Waals surface area contributed by atoms with E-state index in [0.717, 1.165) is 25.9 Å². The van der Waals surface area contributed by atoms with E-state index in [1.165, 1.54) is 0 Å². The van der Waals surface area contributed by atoms with Crippen molar-refractivity contribution < 1.29 is 5.11 Å². The van der Waals surface area contributed by atoms with Gasteiger partial charge in [-0.3, -0.25) is 0 Å². The molecule has 0 bridgehead atoms. The molecule has 0 aromatic rings. The molecule has 1 aliphatic rings. The van der Waals surface area contributed by atoms with Gasteiger partial charge in [-0.1, -0.05) is 13.3 Å². The van der Waals surface area contributed by atoms with Crippen molar-refractivity contribution in [3.05, 3.63) is 0 Å². The molecular weight excluding hydrogens is 126 g/mol. The van der Waals surface area contributed by atoms with Crippen LogP contribution >= 0.6 is 0 Å². The lowest BCUT2D eigenvalue weighted by Crippen LogP contribution is -2.41. The number of piperidine rings is 1. The molecule has 60 valence electrons. The minimum absolute atomic E-state index is 0.0799. The Labute approximate surface area is 62.8 Å². The molecule has 0 spiro atoms. The number of β-amino-alcohol motifs (C(OH)–C–C–N with tert-alkyl or cyclic N) is 1. The number of likely N-dealkylation sites (N-methyl/N-ethyl adjacent to an activating group) is 1. The van der Waals surface area contributed by atoms with Crippen molar-refractivity contribution in [3.63, 3.8) is 0 Å². The molecule has 0 aliphatic carbocycles. The van der Waals surface area contributed by atoms with Gasteiger partial charge in [0.05, 0.1) is 6.10 Å². The largest absolute Gasteiger partial charge is 0.392 e. The summed E-state index contributed by atoms with van der Waals surface area (Å²) in [7, 11) is 2.06. The van der Waals surface area contributed by atoms with Gasteiger partial charge in [0.1, 0.15) is 0 Å². The molecule has 1 aliphatic heterocycles. The summed E-state index contributed by atoms with van der Waals surface area (Å²) in [5, 5.41) is 9.50. The zero-order valence-corrected chi connectivity index (χ0v) is 6.88. The molecule has 0 radical (unpaired) electrons. The van der Waals surface area contributed by atoms with Crippen LogP contribution in [-0.2, 0) is 0 Å². The van der Waals surface area contributed by atoms with Gasteiger partial charge in [-0.2, -0.15) is 0 Å². The van der Waals surface area contributed by atoms with Crippen LogP contribution in [0, 0.1) is 5.92 Å². The maximum atomic E-state index is 9.50. The normalized spacial score (nSPS) is 36.3. The lowest BCUT2D eigenvalue weighted by Gasteiger charge is -2.32. The van der Waals surface area contributed by atoms with Crippen molar-refractivity contribution in [2.24, 2.45) is 5.92 Å². The summed E-state index contributed by atoms with van der Waals surface area (Å²) in [6, 6.07) is 0. The quantitative estimate of drug-likeness (QED) is 0.584. The molecule has 1 saturated heterocycles. The average molecular weight is 143 g/mol. The summed E-state index contributed by atoms with van der Waals surface area (Å²) in [5.74, 6) is 0.552. The third-order valence-electron chi connectivity index (χ3n) is 2.45. The molecule has 2 nitrogen and oxygen atoms in total. The van der Waals surface area contributed by atoms with E-state index in [1.807, 2.05) is 0 Å². The van der Waals surface area contributed by atoms with Crippen LogP contribution in [0.3, 0.4) is 0 Å². The topological polar surface area (TPSA) is 23.5 Å². The first-order chi connectivity index (χ1) is 4.74. The predicted octanol–water partition coefficient (Wildman–Crippen LogP) is 0.709. The molecule has 0 aromatic carbocycles. The highest BCUT2D eigenvalue weighted by Crippen LogP contribution is 2.19. The van der Waals surface area contributed by atoms with E-state index >= 15 is 0 Å². The standard InChI is InChI=1S/C8H17NO/c1-3-7-4-5-9(2)6-8(7)10/h7-8,10H,3-6H2,1-2H3/t7-,8+/m0/s1. The van der Waals surface area contributed by atoms with E-state index in [0.29, 0.717) is 5.92 Å². The molecule has 0 saturated carbocycles. The van der Waals surface area contributed by atoms with Crippen LogP contribution in [0.1, 0.15) is 19.8 Å². The van der Waals surface area contributed by atoms with Gasteiger partial charge in [0.2, 0.25) is 0 Å². The van der Waals surface area contributed by atoms with E-state index in [2.05, 4.69) is 18.9 Å². The first-order valence-corrected chi connectivity index (χ1v) is 4.10. The minimum atomic E-state index is -0.0799. The highest BCUT2D eigenvalue weighted by molar-refractivity contribution is 4.76. The number of nitrogens with zero attached hydrogens (tertiary/aromatic N) is 1. The smallest absolute Gasteiger partial charge is 0.0695 e. The maximum absolute atomic E-state index is 9.50. The summed E-state index contributed by atoms with van der Waals surface area (Å²) < 4.78 is 0. The number of likely N-dealkylation sites (tertiary alicyclic amines) is 1. The molecule has 0 unspecified atom stereocenters. The van der Waals surface area contributed by atoms with Crippen LogP contribution in [0.5, 0.6) is 0 Å². The van der Waals surface area contributed by atoms with Gasteiger partial charge in [0.15, 0.2) is 0 Å². The van der Waals surface area contributed by atoms with Gasteiger partial charge in [-0.25, -0.2) is 0 Å². The Morgan fingerprint density at radius 2 is 2.30 bits per heavy atom. The van der Waals surface area contributed by atoms with Crippen LogP contribution in [-0.4, -0.2) is 36.2 Å². The fraction of sp³-hybridized carbons (Fsp3) is 1.00. The van der Waals surface area contributed by atoms with E-state index in [4.69, 9.17) is 0 Å². The Balaban J connectivity index is 2.36. The van der Waals surface area contributed by atoms with Crippen molar-refractivity contribution in [3.8, 4) is 0 Å². The van der Waals surface area contributed by atoms with Gasteiger partial charge in [0.25, 0.3) is 0 Å². The Bertz CT molecular complexity index is 105. The summed E-state index contributed by atoms with van der Waals surface area (Å²) in [4.78, 5) is 2.19. The predicted molar refractivity (Wildman–Crippen MR) is 41.9 cm³/mol. The van der Waals surface area contributed by atoms with Gasteiger partial charge in [-0.05, 0) is 25.9 Å². The molecule has 1 heterocycles. The Morgan fingerprint density at radius 3 is 2.80 bits per heavy atom. The molecule has 2 heteroatoms. The second-order valence-electron chi connectivity index (χ2n) is 3.29. The van der Waals surface area contributed by atoms with Gasteiger partial charge in [-0.15, -0.1) is 0 Å². The number of hydrogen-bond donors (Lipinski definition) is 1. The Morgan fingerprint density at radius 1 is 1.60 bits per heavy atom. The molecule has 2 atom stereocenters. The van der Waals surface area contributed by atoms with Crippen molar-refractivity contribution in [2.45, 2.75) is 25.9 Å². The van der Waals surface area contributed by atoms with Crippen molar-refractivity contribution in [1.29, 1.82) is 0 Å². The summed E-state index contributed by atoms with van der Waals surface area (Å²) in [6.07, 6.45) is 2.20. The minimum Gasteiger partial charge on any atom is -0.392 e. The molecule has 1 N–H and O–H groups in total. The zero-order valence-electron chi connectivity index (χ0n) is 6.88. The number of hydrogen-bond acceptors (Lipinski definition) is 2. The highest BCUT2D eigenvalue weighted by Gasteiger charge is 2.23. The molecular formula is C8H17NO. The monoisotopic (exact) mass is 143 g/mol. The van der Waals surface area contributed by atoms with E-state index in [9.17, 15) is 5.11 Å². The van der Waals surface area contributed by atoms with E-state index in [-0.39, 0.29) is 6.10 Å². The molecule has 1 rings (SSSR count). The van der Waals surface area contributed by atoms with Crippen LogP contribution < -0.4 is 0 Å². The summed E-state index contributed by atoms with van der Waals surface area (Å²) in [5.41, 5.74) is 0. The van der Waals surface area contributed by atoms with Crippen LogP contribution in [0.25, 0.3) is 0 Å². The third kappa shape index (κ3) is 1.70. The van der Waals surface area contributed by atoms with E-state index in [1.54, 1.807) is 0 Å². The van der Waals surface area contributed by atoms with Gasteiger partial charge >= 0.3 is 0 Å². The van der Waals surface area contributed by atoms with E-state index < -0.39 is 0 Å². The van der Waals surface area contributed by atoms with Crippen molar-refractivity contribution in [2.75, 3.05) is 20.1 Å². The molecule has 0 amide bonds. The average Bonchev–Trinajstić information content (AvgIpc) is 1.88. The lowest BCUT2D eigenvalue weighted by atomic mass is 9.92.